The number of phenols is 1. The van der Waals surface area contributed by atoms with Gasteiger partial charge in [0, 0.05) is 11.3 Å². The Labute approximate surface area is 204 Å². The van der Waals surface area contributed by atoms with Gasteiger partial charge >= 0.3 is 6.09 Å². The zero-order chi connectivity index (χ0) is 24.8. The molecule has 0 bridgehead atoms. The molecule has 0 radical (unpaired) electrons. The molecule has 184 valence electrons. The molecular formula is C29H39NO4. The SMILES string of the molecule is CCCCCc1cc(O)c(CC=C(C)CCC=C(C)C)c(OCOC(=O)Nc2ccccc2)c1. The molecule has 0 aliphatic rings. The normalized spacial score (nSPS) is 11.1. The van der Waals surface area contributed by atoms with Gasteiger partial charge in [0.15, 0.2) is 0 Å². The van der Waals surface area contributed by atoms with Gasteiger partial charge < -0.3 is 14.6 Å². The van der Waals surface area contributed by atoms with Gasteiger partial charge in [-0.25, -0.2) is 4.79 Å². The van der Waals surface area contributed by atoms with Gasteiger partial charge in [-0.05, 0) is 82.7 Å². The summed E-state index contributed by atoms with van der Waals surface area (Å²) in [6.45, 7) is 8.23. The number of ether oxygens (including phenoxy) is 2. The van der Waals surface area contributed by atoms with Crippen LogP contribution in [0.25, 0.3) is 0 Å². The van der Waals surface area contributed by atoms with Crippen LogP contribution in [0.3, 0.4) is 0 Å². The third-order valence-corrected chi connectivity index (χ3v) is 5.48. The summed E-state index contributed by atoms with van der Waals surface area (Å²) in [7, 11) is 0. The minimum atomic E-state index is -0.592. The molecule has 2 N–H and O–H groups in total. The van der Waals surface area contributed by atoms with Crippen LogP contribution in [-0.4, -0.2) is 18.0 Å². The first-order valence-electron chi connectivity index (χ1n) is 12.1. The number of unbranched alkanes of at least 4 members (excludes halogenated alkanes) is 2. The molecule has 0 saturated heterocycles. The summed E-state index contributed by atoms with van der Waals surface area (Å²) in [5, 5.41) is 13.4. The first kappa shape index (κ1) is 27.0. The standard InChI is InChI=1S/C29H39NO4/c1-5-6-8-14-24-19-27(31)26(18-17-23(4)13-11-12-22(2)3)28(20-24)33-21-34-29(32)30-25-15-9-7-10-16-25/h7,9-10,12,15-17,19-20,31H,5-6,8,11,13-14,18,21H2,1-4H3,(H,30,32). The van der Waals surface area contributed by atoms with Crippen molar-refractivity contribution in [1.29, 1.82) is 0 Å². The zero-order valence-corrected chi connectivity index (χ0v) is 21.0. The number of para-hydroxylation sites is 1. The number of nitrogens with one attached hydrogen (secondary N) is 1. The van der Waals surface area contributed by atoms with E-state index in [0.29, 0.717) is 23.4 Å². The fraction of sp³-hybridized carbons (Fsp3) is 0.414. The highest BCUT2D eigenvalue weighted by atomic mass is 16.7. The molecule has 0 fully saturated rings. The second kappa shape index (κ2) is 14.8. The lowest BCUT2D eigenvalue weighted by atomic mass is 10.0. The molecule has 0 aliphatic heterocycles. The van der Waals surface area contributed by atoms with E-state index in [1.54, 1.807) is 12.1 Å². The van der Waals surface area contributed by atoms with Crippen molar-refractivity contribution in [3.8, 4) is 11.5 Å². The molecule has 0 saturated carbocycles. The van der Waals surface area contributed by atoms with Gasteiger partial charge in [-0.3, -0.25) is 5.32 Å². The van der Waals surface area contributed by atoms with Crippen molar-refractivity contribution in [2.75, 3.05) is 12.1 Å². The lowest BCUT2D eigenvalue weighted by Gasteiger charge is -2.15. The molecule has 0 spiro atoms. The zero-order valence-electron chi connectivity index (χ0n) is 21.0. The second-order valence-corrected chi connectivity index (χ2v) is 8.81. The maximum atomic E-state index is 12.1. The van der Waals surface area contributed by atoms with Crippen LogP contribution in [0.15, 0.2) is 65.8 Å². The maximum absolute atomic E-state index is 12.1. The van der Waals surface area contributed by atoms with Crippen LogP contribution >= 0.6 is 0 Å². The highest BCUT2D eigenvalue weighted by molar-refractivity contribution is 5.84. The highest BCUT2D eigenvalue weighted by Gasteiger charge is 2.13. The third-order valence-electron chi connectivity index (χ3n) is 5.48. The van der Waals surface area contributed by atoms with Crippen LogP contribution in [-0.2, 0) is 17.6 Å². The number of amides is 1. The molecule has 0 atom stereocenters. The van der Waals surface area contributed by atoms with Gasteiger partial charge in [0.2, 0.25) is 6.79 Å². The quantitative estimate of drug-likeness (QED) is 0.179. The first-order valence-corrected chi connectivity index (χ1v) is 12.1. The number of hydrogen-bond acceptors (Lipinski definition) is 4. The molecular weight excluding hydrogens is 426 g/mol. The van der Waals surface area contributed by atoms with Crippen molar-refractivity contribution in [2.24, 2.45) is 0 Å². The number of aryl methyl sites for hydroxylation is 1. The molecule has 0 aliphatic carbocycles. The van der Waals surface area contributed by atoms with Crippen LogP contribution < -0.4 is 10.1 Å². The third kappa shape index (κ3) is 10.2. The Morgan fingerprint density at radius 3 is 2.53 bits per heavy atom. The van der Waals surface area contributed by atoms with E-state index >= 15 is 0 Å². The van der Waals surface area contributed by atoms with Crippen LogP contribution in [0, 0.1) is 0 Å². The predicted molar refractivity (Wildman–Crippen MR) is 140 cm³/mol. The minimum absolute atomic E-state index is 0.214. The van der Waals surface area contributed by atoms with Crippen molar-refractivity contribution in [3.63, 3.8) is 0 Å². The predicted octanol–water partition coefficient (Wildman–Crippen LogP) is 7.95. The molecule has 34 heavy (non-hydrogen) atoms. The minimum Gasteiger partial charge on any atom is -0.508 e. The van der Waals surface area contributed by atoms with Gasteiger partial charge in [0.1, 0.15) is 11.5 Å². The Kier molecular flexibility index (Phi) is 11.8. The summed E-state index contributed by atoms with van der Waals surface area (Å²) in [5.74, 6) is 0.762. The number of carbonyl (C=O) groups excluding carboxylic acids is 1. The van der Waals surface area contributed by atoms with Gasteiger partial charge in [0.05, 0.1) is 0 Å². The molecule has 2 rings (SSSR count). The fourth-order valence-corrected chi connectivity index (χ4v) is 3.53. The summed E-state index contributed by atoms with van der Waals surface area (Å²) in [4.78, 5) is 12.1. The van der Waals surface area contributed by atoms with E-state index in [1.807, 2.05) is 30.3 Å². The van der Waals surface area contributed by atoms with Gasteiger partial charge in [0.25, 0.3) is 0 Å². The summed E-state index contributed by atoms with van der Waals surface area (Å²) in [5.41, 5.74) is 4.94. The summed E-state index contributed by atoms with van der Waals surface area (Å²) >= 11 is 0. The molecule has 0 aromatic heterocycles. The Bertz CT molecular complexity index is 960. The van der Waals surface area contributed by atoms with E-state index in [-0.39, 0.29) is 12.5 Å². The van der Waals surface area contributed by atoms with Crippen LogP contribution in [0.4, 0.5) is 10.5 Å². The lowest BCUT2D eigenvalue weighted by Crippen LogP contribution is -2.17. The number of benzene rings is 2. The maximum Gasteiger partial charge on any atom is 0.414 e. The van der Waals surface area contributed by atoms with E-state index in [4.69, 9.17) is 9.47 Å². The Balaban J connectivity index is 2.07. The smallest absolute Gasteiger partial charge is 0.414 e. The number of hydrogen-bond donors (Lipinski definition) is 2. The highest BCUT2D eigenvalue weighted by Crippen LogP contribution is 2.32. The van der Waals surface area contributed by atoms with Crippen molar-refractivity contribution in [3.05, 3.63) is 76.9 Å². The Morgan fingerprint density at radius 1 is 1.06 bits per heavy atom. The van der Waals surface area contributed by atoms with Crippen molar-refractivity contribution >= 4 is 11.8 Å². The molecule has 5 nitrogen and oxygen atoms in total. The molecule has 0 heterocycles. The van der Waals surface area contributed by atoms with E-state index in [1.165, 1.54) is 11.1 Å². The number of phenolic OH excluding ortho intramolecular Hbond substituents is 1. The van der Waals surface area contributed by atoms with E-state index in [2.05, 4.69) is 45.2 Å². The number of allylic oxidation sites excluding steroid dienone is 4. The Morgan fingerprint density at radius 2 is 1.82 bits per heavy atom. The van der Waals surface area contributed by atoms with Gasteiger partial charge in [-0.15, -0.1) is 0 Å². The van der Waals surface area contributed by atoms with Crippen LogP contribution in [0.2, 0.25) is 0 Å². The van der Waals surface area contributed by atoms with Crippen LogP contribution in [0.5, 0.6) is 11.5 Å². The fourth-order valence-electron chi connectivity index (χ4n) is 3.53. The monoisotopic (exact) mass is 465 g/mol. The molecule has 5 heteroatoms. The lowest BCUT2D eigenvalue weighted by molar-refractivity contribution is 0.0680. The average molecular weight is 466 g/mol. The van der Waals surface area contributed by atoms with Crippen molar-refractivity contribution < 1.29 is 19.4 Å². The summed E-state index contributed by atoms with van der Waals surface area (Å²) in [6, 6.07) is 12.9. The van der Waals surface area contributed by atoms with Crippen molar-refractivity contribution in [2.45, 2.75) is 72.6 Å². The largest absolute Gasteiger partial charge is 0.508 e. The van der Waals surface area contributed by atoms with E-state index in [9.17, 15) is 9.90 Å². The topological polar surface area (TPSA) is 67.8 Å². The Hall–Kier alpha value is -3.21. The van der Waals surface area contributed by atoms with Gasteiger partial charge in [-0.1, -0.05) is 61.3 Å². The summed E-state index contributed by atoms with van der Waals surface area (Å²) in [6.07, 6.45) is 10.5. The number of anilines is 1. The summed E-state index contributed by atoms with van der Waals surface area (Å²) < 4.78 is 11.0. The van der Waals surface area contributed by atoms with Crippen molar-refractivity contribution in [1.82, 2.24) is 0 Å². The molecule has 0 unspecified atom stereocenters. The second-order valence-electron chi connectivity index (χ2n) is 8.81. The molecule has 2 aromatic carbocycles. The molecule has 1 amide bonds. The number of rotatable bonds is 13. The van der Waals surface area contributed by atoms with E-state index in [0.717, 1.165) is 44.1 Å². The first-order chi connectivity index (χ1) is 16.4. The van der Waals surface area contributed by atoms with E-state index < -0.39 is 6.09 Å². The average Bonchev–Trinajstić information content (AvgIpc) is 2.79. The number of aromatic hydroxyl groups is 1. The molecule has 2 aromatic rings. The number of carbonyl (C=O) groups is 1. The van der Waals surface area contributed by atoms with Gasteiger partial charge in [-0.2, -0.15) is 0 Å². The van der Waals surface area contributed by atoms with Crippen LogP contribution in [0.1, 0.15) is 70.9 Å².